The van der Waals surface area contributed by atoms with Crippen molar-refractivity contribution in [3.8, 4) is 0 Å². The van der Waals surface area contributed by atoms with Crippen molar-refractivity contribution < 1.29 is 13.9 Å². The molecule has 0 aromatic heterocycles. The molecule has 0 amide bonds. The van der Waals surface area contributed by atoms with Crippen molar-refractivity contribution in [2.24, 2.45) is 0 Å². The highest BCUT2D eigenvalue weighted by Crippen LogP contribution is 2.25. The first-order chi connectivity index (χ1) is 9.08. The summed E-state index contributed by atoms with van der Waals surface area (Å²) < 4.78 is 19.5. The van der Waals surface area contributed by atoms with Crippen molar-refractivity contribution in [1.82, 2.24) is 0 Å². The minimum Gasteiger partial charge on any atom is -0.373 e. The zero-order valence-electron chi connectivity index (χ0n) is 11.0. The lowest BCUT2D eigenvalue weighted by Crippen LogP contribution is -2.16. The predicted molar refractivity (Wildman–Crippen MR) is 73.1 cm³/mol. The molecule has 1 saturated carbocycles. The third-order valence-corrected chi connectivity index (χ3v) is 3.89. The molecule has 1 fully saturated rings. The van der Waals surface area contributed by atoms with E-state index in [1.807, 2.05) is 0 Å². The lowest BCUT2D eigenvalue weighted by atomic mass is 9.98. The van der Waals surface area contributed by atoms with Crippen LogP contribution in [0.4, 0.5) is 4.39 Å². The molecule has 1 aliphatic rings. The van der Waals surface area contributed by atoms with Crippen LogP contribution in [0.5, 0.6) is 0 Å². The van der Waals surface area contributed by atoms with Gasteiger partial charge in [0.25, 0.3) is 0 Å². The van der Waals surface area contributed by atoms with Crippen LogP contribution in [0.15, 0.2) is 12.1 Å². The molecular weight excluding hydrogens is 267 g/mol. The zero-order chi connectivity index (χ0) is 13.8. The van der Waals surface area contributed by atoms with E-state index in [4.69, 9.17) is 16.3 Å². The van der Waals surface area contributed by atoms with Crippen LogP contribution in [0.1, 0.15) is 54.9 Å². The number of benzene rings is 1. The fraction of sp³-hybridized carbons (Fsp3) is 0.533. The van der Waals surface area contributed by atoms with Crippen molar-refractivity contribution in [3.05, 3.63) is 34.1 Å². The molecule has 0 heterocycles. The third kappa shape index (κ3) is 3.77. The summed E-state index contributed by atoms with van der Waals surface area (Å²) in [5, 5.41) is 0.391. The van der Waals surface area contributed by atoms with E-state index >= 15 is 0 Å². The van der Waals surface area contributed by atoms with Crippen LogP contribution in [0.2, 0.25) is 5.02 Å². The van der Waals surface area contributed by atoms with Crippen LogP contribution in [-0.4, -0.2) is 11.9 Å². The van der Waals surface area contributed by atoms with E-state index in [1.165, 1.54) is 38.3 Å². The Morgan fingerprint density at radius 3 is 2.68 bits per heavy atom. The largest absolute Gasteiger partial charge is 0.373 e. The molecule has 0 aliphatic heterocycles. The number of rotatable bonds is 4. The van der Waals surface area contributed by atoms with Gasteiger partial charge in [0.05, 0.1) is 18.3 Å². The smallest absolute Gasteiger partial charge is 0.162 e. The minimum absolute atomic E-state index is 0.0337. The van der Waals surface area contributed by atoms with E-state index in [2.05, 4.69) is 0 Å². The van der Waals surface area contributed by atoms with Gasteiger partial charge in [0, 0.05) is 5.02 Å². The number of hydrogen-bond acceptors (Lipinski definition) is 2. The van der Waals surface area contributed by atoms with Crippen molar-refractivity contribution in [3.63, 3.8) is 0 Å². The first-order valence-electron chi connectivity index (χ1n) is 6.68. The van der Waals surface area contributed by atoms with Crippen molar-refractivity contribution in [2.45, 2.75) is 51.7 Å². The molecule has 0 saturated heterocycles. The summed E-state index contributed by atoms with van der Waals surface area (Å²) in [4.78, 5) is 11.2. The maximum Gasteiger partial charge on any atom is 0.162 e. The number of carbonyl (C=O) groups is 1. The highest BCUT2D eigenvalue weighted by atomic mass is 35.5. The van der Waals surface area contributed by atoms with E-state index in [1.54, 1.807) is 0 Å². The zero-order valence-corrected chi connectivity index (χ0v) is 11.8. The second-order valence-electron chi connectivity index (χ2n) is 5.05. The standard InChI is InChI=1S/C15H18ClFO2/c1-10(18)13-8-14(16)11(7-15(13)17)9-19-12-5-3-2-4-6-12/h7-8,12H,2-6,9H2,1H3. The molecule has 0 N–H and O–H groups in total. The second-order valence-corrected chi connectivity index (χ2v) is 5.46. The molecule has 2 nitrogen and oxygen atoms in total. The molecular formula is C15H18ClFO2. The molecule has 1 aromatic rings. The Hall–Kier alpha value is -0.930. The van der Waals surface area contributed by atoms with Crippen LogP contribution in [0.25, 0.3) is 0 Å². The van der Waals surface area contributed by atoms with E-state index in [0.717, 1.165) is 12.8 Å². The Kier molecular flexibility index (Phi) is 4.94. The number of carbonyl (C=O) groups excluding carboxylic acids is 1. The summed E-state index contributed by atoms with van der Waals surface area (Å²) in [7, 11) is 0. The minimum atomic E-state index is -0.529. The van der Waals surface area contributed by atoms with Crippen LogP contribution in [0, 0.1) is 5.82 Å². The predicted octanol–water partition coefficient (Wildman–Crippen LogP) is 4.53. The van der Waals surface area contributed by atoms with Gasteiger partial charge >= 0.3 is 0 Å². The van der Waals surface area contributed by atoms with Gasteiger partial charge in [-0.3, -0.25) is 4.79 Å². The average molecular weight is 285 g/mol. The van der Waals surface area contributed by atoms with E-state index in [-0.39, 0.29) is 17.5 Å². The fourth-order valence-electron chi connectivity index (χ4n) is 2.41. The van der Waals surface area contributed by atoms with E-state index in [0.29, 0.717) is 17.2 Å². The van der Waals surface area contributed by atoms with Gasteiger partial charge in [-0.15, -0.1) is 0 Å². The molecule has 1 aliphatic carbocycles. The van der Waals surface area contributed by atoms with Crippen LogP contribution in [0.3, 0.4) is 0 Å². The van der Waals surface area contributed by atoms with Gasteiger partial charge in [-0.05, 0) is 37.5 Å². The van der Waals surface area contributed by atoms with Gasteiger partial charge in [0.1, 0.15) is 5.82 Å². The number of halogens is 2. The molecule has 1 aromatic carbocycles. The molecule has 0 radical (unpaired) electrons. The second kappa shape index (κ2) is 6.49. The monoisotopic (exact) mass is 284 g/mol. The molecule has 0 bridgehead atoms. The molecule has 2 rings (SSSR count). The maximum atomic E-state index is 13.7. The fourth-order valence-corrected chi connectivity index (χ4v) is 2.63. The highest BCUT2D eigenvalue weighted by Gasteiger charge is 2.16. The summed E-state index contributed by atoms with van der Waals surface area (Å²) in [5.74, 6) is -0.849. The van der Waals surface area contributed by atoms with Gasteiger partial charge in [0.2, 0.25) is 0 Å². The Labute approximate surface area is 117 Å². The molecule has 19 heavy (non-hydrogen) atoms. The number of hydrogen-bond donors (Lipinski definition) is 0. The Morgan fingerprint density at radius 1 is 1.37 bits per heavy atom. The van der Waals surface area contributed by atoms with Crippen molar-refractivity contribution in [2.75, 3.05) is 0 Å². The molecule has 0 spiro atoms. The van der Waals surface area contributed by atoms with Crippen LogP contribution >= 0.6 is 11.6 Å². The summed E-state index contributed by atoms with van der Waals surface area (Å²) in [6, 6.07) is 2.70. The SMILES string of the molecule is CC(=O)c1cc(Cl)c(COC2CCCCC2)cc1F. The number of ether oxygens (including phenoxy) is 1. The molecule has 4 heteroatoms. The van der Waals surface area contributed by atoms with Gasteiger partial charge in [0.15, 0.2) is 5.78 Å². The highest BCUT2D eigenvalue weighted by molar-refractivity contribution is 6.31. The van der Waals surface area contributed by atoms with Crippen LogP contribution < -0.4 is 0 Å². The van der Waals surface area contributed by atoms with Gasteiger partial charge in [-0.1, -0.05) is 30.9 Å². The van der Waals surface area contributed by atoms with Gasteiger partial charge < -0.3 is 4.74 Å². The molecule has 0 atom stereocenters. The normalized spacial score (nSPS) is 16.6. The average Bonchev–Trinajstić information content (AvgIpc) is 2.40. The van der Waals surface area contributed by atoms with Crippen molar-refractivity contribution >= 4 is 17.4 Å². The Balaban J connectivity index is 2.04. The first kappa shape index (κ1) is 14.5. The Bertz CT molecular complexity index is 467. The first-order valence-corrected chi connectivity index (χ1v) is 7.06. The lowest BCUT2D eigenvalue weighted by Gasteiger charge is -2.22. The Morgan fingerprint density at radius 2 is 2.05 bits per heavy atom. The summed E-state index contributed by atoms with van der Waals surface area (Å²) >= 11 is 6.06. The van der Waals surface area contributed by atoms with Crippen LogP contribution in [-0.2, 0) is 11.3 Å². The topological polar surface area (TPSA) is 26.3 Å². The summed E-state index contributed by atoms with van der Waals surface area (Å²) in [5.41, 5.74) is 0.640. The van der Waals surface area contributed by atoms with E-state index in [9.17, 15) is 9.18 Å². The number of Topliss-reactive ketones (excluding diaryl/α,β-unsaturated/α-hetero) is 1. The summed E-state index contributed by atoms with van der Waals surface area (Å²) in [6.45, 7) is 1.63. The molecule has 104 valence electrons. The molecule has 0 unspecified atom stereocenters. The summed E-state index contributed by atoms with van der Waals surface area (Å²) in [6.07, 6.45) is 6.02. The van der Waals surface area contributed by atoms with Crippen molar-refractivity contribution in [1.29, 1.82) is 0 Å². The lowest BCUT2D eigenvalue weighted by molar-refractivity contribution is 0.0168. The van der Waals surface area contributed by atoms with Gasteiger partial charge in [-0.25, -0.2) is 4.39 Å². The third-order valence-electron chi connectivity index (χ3n) is 3.54. The number of ketones is 1. The van der Waals surface area contributed by atoms with E-state index < -0.39 is 5.82 Å². The quantitative estimate of drug-likeness (QED) is 0.759. The van der Waals surface area contributed by atoms with Gasteiger partial charge in [-0.2, -0.15) is 0 Å². The maximum absolute atomic E-state index is 13.7.